The summed E-state index contributed by atoms with van der Waals surface area (Å²) >= 11 is 0. The van der Waals surface area contributed by atoms with Crippen LogP contribution in [0.4, 0.5) is 0 Å². The predicted molar refractivity (Wildman–Crippen MR) is 101 cm³/mol. The lowest BCUT2D eigenvalue weighted by Crippen LogP contribution is -2.47. The number of hydrogen-bond donors (Lipinski definition) is 0. The minimum absolute atomic E-state index is 0.124. The highest BCUT2D eigenvalue weighted by Crippen LogP contribution is 2.27. The van der Waals surface area contributed by atoms with Crippen LogP contribution in [0.15, 0.2) is 30.5 Å². The molecule has 2 heterocycles. The van der Waals surface area contributed by atoms with Crippen molar-refractivity contribution >= 4 is 33.0 Å². The fraction of sp³-hybridized carbons (Fsp3) is 0.444. The summed E-state index contributed by atoms with van der Waals surface area (Å²) in [5.74, 6) is -1.21. The maximum atomic E-state index is 13.2. The number of methoxy groups -OCH3 is 1. The van der Waals surface area contributed by atoms with Crippen LogP contribution in [0.3, 0.4) is 0 Å². The lowest BCUT2D eigenvalue weighted by Gasteiger charge is -2.32. The molecule has 0 N–H and O–H groups in total. The second-order valence-electron chi connectivity index (χ2n) is 6.75. The number of nitrogens with zero attached hydrogens (tertiary/aromatic N) is 3. The van der Waals surface area contributed by atoms with E-state index in [9.17, 15) is 18.0 Å². The summed E-state index contributed by atoms with van der Waals surface area (Å²) in [5.41, 5.74) is 0.922. The summed E-state index contributed by atoms with van der Waals surface area (Å²) in [6.45, 7) is 0.517. The first-order valence-electron chi connectivity index (χ1n) is 8.67. The van der Waals surface area contributed by atoms with Crippen molar-refractivity contribution in [3.63, 3.8) is 0 Å². The predicted octanol–water partition coefficient (Wildman–Crippen LogP) is 1.59. The molecule has 1 unspecified atom stereocenters. The molecular formula is C18H23N3O5S. The van der Waals surface area contributed by atoms with Crippen molar-refractivity contribution in [2.45, 2.75) is 12.8 Å². The molecule has 0 aliphatic carbocycles. The molecule has 8 nitrogen and oxygen atoms in total. The van der Waals surface area contributed by atoms with E-state index >= 15 is 0 Å². The molecule has 1 aromatic carbocycles. The van der Waals surface area contributed by atoms with Crippen molar-refractivity contribution in [2.24, 2.45) is 5.92 Å². The second-order valence-corrected chi connectivity index (χ2v) is 8.89. The Kier molecular flexibility index (Phi) is 5.36. The Balaban J connectivity index is 1.95. The smallest absolute Gasteiger partial charge is 0.340 e. The molecule has 9 heteroatoms. The summed E-state index contributed by atoms with van der Waals surface area (Å²) in [6, 6.07) is 7.10. The Hall–Kier alpha value is -2.23. The fourth-order valence-corrected chi connectivity index (χ4v) is 4.61. The third-order valence-electron chi connectivity index (χ3n) is 4.88. The van der Waals surface area contributed by atoms with Crippen LogP contribution in [-0.4, -0.2) is 67.8 Å². The largest absolute Gasteiger partial charge is 0.465 e. The van der Waals surface area contributed by atoms with Gasteiger partial charge in [-0.15, -0.1) is 0 Å². The van der Waals surface area contributed by atoms with Gasteiger partial charge in [0, 0.05) is 38.8 Å². The zero-order valence-corrected chi connectivity index (χ0v) is 16.4. The molecule has 1 aliphatic heterocycles. The number of hydrogen-bond acceptors (Lipinski definition) is 5. The molecule has 1 fully saturated rings. The van der Waals surface area contributed by atoms with Crippen LogP contribution in [0.2, 0.25) is 0 Å². The molecule has 1 aliphatic rings. The third-order valence-corrected chi connectivity index (χ3v) is 6.78. The van der Waals surface area contributed by atoms with E-state index in [2.05, 4.69) is 0 Å². The average Bonchev–Trinajstić information content (AvgIpc) is 3.06. The SMILES string of the molecule is COC(=O)c1cn(C(=O)C2CCCN(S(=O)(=O)N(C)C)C2)c2ccccc12. The first kappa shape index (κ1) is 19.5. The molecule has 1 atom stereocenters. The number of rotatable bonds is 4. The molecule has 3 rings (SSSR count). The van der Waals surface area contributed by atoms with E-state index in [1.54, 1.807) is 24.3 Å². The van der Waals surface area contributed by atoms with E-state index in [1.165, 1.54) is 36.3 Å². The van der Waals surface area contributed by atoms with Crippen LogP contribution in [0.1, 0.15) is 28.0 Å². The maximum Gasteiger partial charge on any atom is 0.340 e. The van der Waals surface area contributed by atoms with Crippen molar-refractivity contribution < 1.29 is 22.7 Å². The van der Waals surface area contributed by atoms with E-state index in [0.717, 1.165) is 4.31 Å². The zero-order chi connectivity index (χ0) is 19.8. The highest BCUT2D eigenvalue weighted by molar-refractivity contribution is 7.86. The van der Waals surface area contributed by atoms with Crippen LogP contribution in [0.5, 0.6) is 0 Å². The highest BCUT2D eigenvalue weighted by Gasteiger charge is 2.34. The Morgan fingerprint density at radius 1 is 1.22 bits per heavy atom. The number of aromatic nitrogens is 1. The Morgan fingerprint density at radius 3 is 2.59 bits per heavy atom. The number of piperidine rings is 1. The van der Waals surface area contributed by atoms with E-state index in [-0.39, 0.29) is 12.5 Å². The maximum absolute atomic E-state index is 13.2. The first-order valence-corrected chi connectivity index (χ1v) is 10.1. The molecule has 2 aromatic rings. The Morgan fingerprint density at radius 2 is 1.93 bits per heavy atom. The van der Waals surface area contributed by atoms with Gasteiger partial charge in [0.15, 0.2) is 0 Å². The highest BCUT2D eigenvalue weighted by atomic mass is 32.2. The van der Waals surface area contributed by atoms with Crippen molar-refractivity contribution in [3.05, 3.63) is 36.0 Å². The lowest BCUT2D eigenvalue weighted by atomic mass is 9.98. The molecule has 146 valence electrons. The van der Waals surface area contributed by atoms with Gasteiger partial charge < -0.3 is 4.74 Å². The lowest BCUT2D eigenvalue weighted by molar-refractivity contribution is 0.0603. The van der Waals surface area contributed by atoms with Crippen LogP contribution in [0, 0.1) is 5.92 Å². The number of fused-ring (bicyclic) bond motifs is 1. The number of esters is 1. The summed E-state index contributed by atoms with van der Waals surface area (Å²) in [7, 11) is 0.671. The minimum Gasteiger partial charge on any atom is -0.465 e. The number of ether oxygens (including phenoxy) is 1. The van der Waals surface area contributed by atoms with Gasteiger partial charge in [-0.1, -0.05) is 18.2 Å². The molecule has 0 bridgehead atoms. The normalized spacial score (nSPS) is 18.7. The van der Waals surface area contributed by atoms with Crippen LogP contribution < -0.4 is 0 Å². The topological polar surface area (TPSA) is 88.9 Å². The summed E-state index contributed by atoms with van der Waals surface area (Å²) in [4.78, 5) is 25.2. The van der Waals surface area contributed by atoms with Gasteiger partial charge in [-0.3, -0.25) is 9.36 Å². The second kappa shape index (κ2) is 7.41. The number of carbonyl (C=O) groups excluding carboxylic acids is 2. The molecule has 1 aromatic heterocycles. The van der Waals surface area contributed by atoms with Gasteiger partial charge in [0.05, 0.1) is 24.1 Å². The monoisotopic (exact) mass is 393 g/mol. The molecule has 0 amide bonds. The van der Waals surface area contributed by atoms with Gasteiger partial charge in [-0.25, -0.2) is 4.79 Å². The van der Waals surface area contributed by atoms with Gasteiger partial charge in [0.2, 0.25) is 5.91 Å². The van der Waals surface area contributed by atoms with Gasteiger partial charge in [-0.05, 0) is 18.9 Å². The number of carbonyl (C=O) groups is 2. The summed E-state index contributed by atoms with van der Waals surface area (Å²) in [5, 5.41) is 0.631. The van der Waals surface area contributed by atoms with Crippen LogP contribution >= 0.6 is 0 Å². The van der Waals surface area contributed by atoms with Gasteiger partial charge in [0.1, 0.15) is 0 Å². The summed E-state index contributed by atoms with van der Waals surface area (Å²) < 4.78 is 33.6. The Bertz CT molecular complexity index is 980. The molecule has 27 heavy (non-hydrogen) atoms. The van der Waals surface area contributed by atoms with E-state index in [0.29, 0.717) is 35.9 Å². The fourth-order valence-electron chi connectivity index (χ4n) is 3.42. The Labute approximate surface area is 158 Å². The average molecular weight is 393 g/mol. The molecule has 1 saturated heterocycles. The van der Waals surface area contributed by atoms with E-state index < -0.39 is 22.1 Å². The first-order chi connectivity index (χ1) is 12.8. The van der Waals surface area contributed by atoms with Gasteiger partial charge in [0.25, 0.3) is 10.2 Å². The number of para-hydroxylation sites is 1. The third kappa shape index (κ3) is 3.50. The molecule has 0 saturated carbocycles. The molecule has 0 spiro atoms. The van der Waals surface area contributed by atoms with Gasteiger partial charge >= 0.3 is 5.97 Å². The van der Waals surface area contributed by atoms with Crippen LogP contribution in [0.25, 0.3) is 10.9 Å². The van der Waals surface area contributed by atoms with Crippen molar-refractivity contribution in [1.82, 2.24) is 13.2 Å². The van der Waals surface area contributed by atoms with E-state index in [4.69, 9.17) is 4.74 Å². The van der Waals surface area contributed by atoms with Crippen LogP contribution in [-0.2, 0) is 14.9 Å². The minimum atomic E-state index is -3.57. The van der Waals surface area contributed by atoms with Crippen molar-refractivity contribution in [3.8, 4) is 0 Å². The summed E-state index contributed by atoms with van der Waals surface area (Å²) in [6.07, 6.45) is 2.68. The quantitative estimate of drug-likeness (QED) is 0.736. The van der Waals surface area contributed by atoms with Crippen molar-refractivity contribution in [2.75, 3.05) is 34.3 Å². The zero-order valence-electron chi connectivity index (χ0n) is 15.6. The standard InChI is InChI=1S/C18H23N3O5S/c1-19(2)27(24,25)20-10-6-7-13(11-20)17(22)21-12-15(18(23)26-3)14-8-4-5-9-16(14)21/h4-5,8-9,12-13H,6-7,10-11H2,1-3H3. The van der Waals surface area contributed by atoms with E-state index in [1.807, 2.05) is 0 Å². The van der Waals surface area contributed by atoms with Gasteiger partial charge in [-0.2, -0.15) is 17.0 Å². The molecule has 0 radical (unpaired) electrons. The van der Waals surface area contributed by atoms with Crippen molar-refractivity contribution in [1.29, 1.82) is 0 Å². The molecular weight excluding hydrogens is 370 g/mol. The number of benzene rings is 1.